The third-order valence-corrected chi connectivity index (χ3v) is 9.24. The van der Waals surface area contributed by atoms with Gasteiger partial charge in [0.05, 0.1) is 71.7 Å². The molecule has 0 spiro atoms. The largest absolute Gasteiger partial charge is 0.485 e. The number of carboxylic acid groups (broad SMARTS) is 1. The summed E-state index contributed by atoms with van der Waals surface area (Å²) < 4.78 is 76.8. The molecule has 2 atom stereocenters. The van der Waals surface area contributed by atoms with E-state index in [1.54, 1.807) is 0 Å². The monoisotopic (exact) mass is 736 g/mol. The Labute approximate surface area is 284 Å². The summed E-state index contributed by atoms with van der Waals surface area (Å²) in [6, 6.07) is 4.72. The third-order valence-electron chi connectivity index (χ3n) is 7.67. The number of anilines is 1. The van der Waals surface area contributed by atoms with Gasteiger partial charge in [-0.15, -0.1) is 11.3 Å². The fourth-order valence-corrected chi connectivity index (χ4v) is 6.85. The molecule has 15 nitrogen and oxygen atoms in total. The van der Waals surface area contributed by atoms with Gasteiger partial charge in [-0.2, -0.15) is 0 Å². The van der Waals surface area contributed by atoms with E-state index in [1.807, 2.05) is 19.1 Å². The Bertz CT molecular complexity index is 2100. The fourth-order valence-electron chi connectivity index (χ4n) is 5.54. The number of nitrogens with zero attached hydrogens (tertiary/aromatic N) is 6. The highest BCUT2D eigenvalue weighted by molar-refractivity contribution is 7.46. The summed E-state index contributed by atoms with van der Waals surface area (Å²) in [6.07, 6.45) is -1.26. The average Bonchev–Trinajstić information content (AvgIpc) is 3.46. The average molecular weight is 737 g/mol. The maximum absolute atomic E-state index is 15.5. The van der Waals surface area contributed by atoms with Gasteiger partial charge in [0.1, 0.15) is 17.7 Å². The van der Waals surface area contributed by atoms with Gasteiger partial charge in [0.15, 0.2) is 11.6 Å². The number of aromatic nitrogens is 5. The molecular weight excluding hydrogens is 708 g/mol. The van der Waals surface area contributed by atoms with E-state index in [-0.39, 0.29) is 36.0 Å². The Hall–Kier alpha value is -4.68. The number of ether oxygens (including phenoxy) is 3. The van der Waals surface area contributed by atoms with E-state index < -0.39 is 57.3 Å². The van der Waals surface area contributed by atoms with Crippen molar-refractivity contribution < 1.29 is 56.2 Å². The van der Waals surface area contributed by atoms with Crippen molar-refractivity contribution in [1.82, 2.24) is 24.9 Å². The number of alkyl halides is 2. The highest BCUT2D eigenvalue weighted by atomic mass is 32.1. The molecule has 0 unspecified atom stereocenters. The van der Waals surface area contributed by atoms with E-state index in [0.29, 0.717) is 32.2 Å². The van der Waals surface area contributed by atoms with Crippen molar-refractivity contribution in [3.05, 3.63) is 54.2 Å². The van der Waals surface area contributed by atoms with Crippen molar-refractivity contribution in [2.75, 3.05) is 25.2 Å². The maximum atomic E-state index is 15.5. The molecule has 1 saturated carbocycles. The Balaban J connectivity index is 1.27. The van der Waals surface area contributed by atoms with Gasteiger partial charge in [0.2, 0.25) is 5.88 Å². The zero-order valence-electron chi connectivity index (χ0n) is 26.2. The molecule has 2 aromatic carbocycles. The van der Waals surface area contributed by atoms with Crippen molar-refractivity contribution in [2.45, 2.75) is 44.3 Å². The van der Waals surface area contributed by atoms with Crippen LogP contribution in [0.3, 0.4) is 0 Å². The minimum Gasteiger partial charge on any atom is -0.485 e. The first-order chi connectivity index (χ1) is 23.7. The van der Waals surface area contributed by atoms with Gasteiger partial charge in [-0.25, -0.2) is 47.5 Å². The van der Waals surface area contributed by atoms with Crippen molar-refractivity contribution >= 4 is 52.2 Å². The standard InChI is InChI=1S/C30H28F3N6O9PS/c1-15-7-17(26-20(8-15)37-25(45-2)14-34-26)27-38-19-9-18(31)22(10-24(19)50-27)48-23-11-30(32,33)4-3-21(23)39(29(40)41)16-12-35-28(36-13-16)46-5-6-47-49(42,43)44/h7-10,12-14,21,23H,3-6,11H2,1-2H3,(H,40,41)(H2,42,43,44)/t21-,23+/m1/s1. The minimum atomic E-state index is -4.71. The molecule has 5 aromatic rings. The second-order valence-electron chi connectivity index (χ2n) is 11.2. The normalized spacial score (nSPS) is 17.5. The second-order valence-corrected chi connectivity index (χ2v) is 13.5. The molecule has 0 radical (unpaired) electrons. The lowest BCUT2D eigenvalue weighted by Crippen LogP contribution is -2.54. The summed E-state index contributed by atoms with van der Waals surface area (Å²) in [5, 5.41) is 10.7. The van der Waals surface area contributed by atoms with Crippen LogP contribution in [-0.4, -0.2) is 84.3 Å². The topological polar surface area (TPSA) is 199 Å². The highest BCUT2D eigenvalue weighted by Gasteiger charge is 2.47. The Morgan fingerprint density at radius 2 is 1.84 bits per heavy atom. The van der Waals surface area contributed by atoms with Crippen LogP contribution in [0, 0.1) is 12.7 Å². The highest BCUT2D eigenvalue weighted by Crippen LogP contribution is 2.41. The molecule has 1 aliphatic rings. The Kier molecular flexibility index (Phi) is 9.78. The van der Waals surface area contributed by atoms with E-state index >= 15 is 4.39 Å². The number of rotatable bonds is 11. The number of amides is 1. The van der Waals surface area contributed by atoms with Crippen molar-refractivity contribution in [2.24, 2.45) is 0 Å². The van der Waals surface area contributed by atoms with E-state index in [9.17, 15) is 23.2 Å². The number of fused-ring (bicyclic) bond motifs is 2. The third kappa shape index (κ3) is 7.87. The van der Waals surface area contributed by atoms with Gasteiger partial charge in [-0.3, -0.25) is 9.42 Å². The molecule has 3 aromatic heterocycles. The first kappa shape index (κ1) is 35.2. The Morgan fingerprint density at radius 1 is 1.08 bits per heavy atom. The summed E-state index contributed by atoms with van der Waals surface area (Å²) >= 11 is 1.20. The number of methoxy groups -OCH3 is 1. The number of thiazole rings is 1. The molecule has 1 aliphatic carbocycles. The van der Waals surface area contributed by atoms with Gasteiger partial charge in [-0.05, 0) is 31.0 Å². The first-order valence-corrected chi connectivity index (χ1v) is 17.2. The molecular formula is C30H28F3N6O9PS. The van der Waals surface area contributed by atoms with Crippen molar-refractivity contribution in [1.29, 1.82) is 0 Å². The molecule has 3 heterocycles. The summed E-state index contributed by atoms with van der Waals surface area (Å²) in [6.45, 7) is 1.07. The summed E-state index contributed by atoms with van der Waals surface area (Å²) in [4.78, 5) is 52.1. The Morgan fingerprint density at radius 3 is 2.54 bits per heavy atom. The van der Waals surface area contributed by atoms with Crippen LogP contribution in [0.4, 0.5) is 23.7 Å². The number of halogens is 3. The molecule has 1 amide bonds. The molecule has 0 saturated heterocycles. The molecule has 20 heteroatoms. The first-order valence-electron chi connectivity index (χ1n) is 14.8. The number of hydrogen-bond donors (Lipinski definition) is 3. The number of phosphoric acid groups is 1. The minimum absolute atomic E-state index is 0.103. The lowest BCUT2D eigenvalue weighted by Gasteiger charge is -2.40. The number of hydrogen-bond acceptors (Lipinski definition) is 12. The van der Waals surface area contributed by atoms with Crippen LogP contribution in [0.15, 0.2) is 42.9 Å². The molecule has 50 heavy (non-hydrogen) atoms. The summed E-state index contributed by atoms with van der Waals surface area (Å²) in [7, 11) is -3.23. The quantitative estimate of drug-likeness (QED) is 0.109. The zero-order valence-corrected chi connectivity index (χ0v) is 27.9. The number of phosphoric ester groups is 1. The van der Waals surface area contributed by atoms with Gasteiger partial charge >= 0.3 is 19.9 Å². The molecule has 1 fully saturated rings. The van der Waals surface area contributed by atoms with Crippen LogP contribution in [0.5, 0.6) is 17.6 Å². The zero-order chi connectivity index (χ0) is 35.8. The smallest absolute Gasteiger partial charge is 0.469 e. The molecule has 6 rings (SSSR count). The lowest BCUT2D eigenvalue weighted by atomic mass is 9.88. The van der Waals surface area contributed by atoms with Crippen molar-refractivity contribution in [3.8, 4) is 28.2 Å². The fraction of sp³-hybridized carbons (Fsp3) is 0.333. The van der Waals surface area contributed by atoms with Crippen molar-refractivity contribution in [3.63, 3.8) is 0 Å². The van der Waals surface area contributed by atoms with E-state index in [2.05, 4.69) is 29.4 Å². The van der Waals surface area contributed by atoms with E-state index in [4.69, 9.17) is 24.0 Å². The van der Waals surface area contributed by atoms with Gasteiger partial charge < -0.3 is 29.1 Å². The van der Waals surface area contributed by atoms with Crippen LogP contribution in [0.2, 0.25) is 0 Å². The molecule has 0 bridgehead atoms. The van der Waals surface area contributed by atoms with Gasteiger partial charge in [-0.1, -0.05) is 0 Å². The van der Waals surface area contributed by atoms with Gasteiger partial charge in [0, 0.05) is 24.1 Å². The summed E-state index contributed by atoms with van der Waals surface area (Å²) in [5.41, 5.74) is 2.83. The second kappa shape index (κ2) is 13.9. The van der Waals surface area contributed by atoms with Crippen LogP contribution in [-0.2, 0) is 9.09 Å². The number of benzene rings is 2. The van der Waals surface area contributed by atoms with E-state index in [0.717, 1.165) is 28.9 Å². The predicted octanol–water partition coefficient (Wildman–Crippen LogP) is 5.76. The number of carbonyl (C=O) groups is 1. The molecule has 3 N–H and O–H groups in total. The lowest BCUT2D eigenvalue weighted by molar-refractivity contribution is -0.0769. The molecule has 0 aliphatic heterocycles. The van der Waals surface area contributed by atoms with Crippen LogP contribution in [0.25, 0.3) is 31.8 Å². The van der Waals surface area contributed by atoms with Crippen LogP contribution < -0.4 is 19.1 Å². The summed E-state index contributed by atoms with van der Waals surface area (Å²) in [5.74, 6) is -4.13. The van der Waals surface area contributed by atoms with E-state index in [1.165, 1.54) is 30.7 Å². The number of aryl methyl sites for hydroxylation is 1. The molecule has 264 valence electrons. The van der Waals surface area contributed by atoms with Gasteiger partial charge in [0.25, 0.3) is 5.92 Å². The SMILES string of the molecule is COc1cnc2c(-c3nc4cc(F)c(O[C@H]5CC(F)(F)CC[C@H]5N(C(=O)O)c5cnc(OCCOP(=O)(O)O)nc5)cc4s3)cc(C)cc2n1. The van der Waals surface area contributed by atoms with Crippen LogP contribution >= 0.6 is 19.2 Å². The predicted molar refractivity (Wildman–Crippen MR) is 172 cm³/mol. The maximum Gasteiger partial charge on any atom is 0.469 e. The van der Waals surface area contributed by atoms with Crippen LogP contribution in [0.1, 0.15) is 24.8 Å².